The van der Waals surface area contributed by atoms with E-state index in [2.05, 4.69) is 221 Å². The first-order valence-corrected chi connectivity index (χ1v) is 28.2. The summed E-state index contributed by atoms with van der Waals surface area (Å²) in [6.07, 6.45) is 13.7. The van der Waals surface area contributed by atoms with Crippen molar-refractivity contribution in [3.63, 3.8) is 0 Å². The summed E-state index contributed by atoms with van der Waals surface area (Å²) in [5.74, 6) is 0.952. The van der Waals surface area contributed by atoms with Crippen LogP contribution in [0.5, 0.6) is 0 Å². The highest BCUT2D eigenvalue weighted by atomic mass is 16.3. The lowest BCUT2D eigenvalue weighted by molar-refractivity contribution is 0.665. The Labute approximate surface area is 442 Å². The molecule has 2 aromatic heterocycles. The van der Waals surface area contributed by atoms with Crippen LogP contribution in [0, 0.1) is 13.8 Å². The van der Waals surface area contributed by atoms with Gasteiger partial charge in [-0.2, -0.15) is 0 Å². The molecule has 0 amide bonds. The van der Waals surface area contributed by atoms with Gasteiger partial charge in [-0.25, -0.2) is 0 Å². The summed E-state index contributed by atoms with van der Waals surface area (Å²) < 4.78 is 14.0. The molecule has 0 saturated heterocycles. The Morgan fingerprint density at radius 2 is 0.707 bits per heavy atom. The average Bonchev–Trinajstić information content (AvgIpc) is 4.31. The van der Waals surface area contributed by atoms with Crippen LogP contribution in [-0.2, 0) is 0 Å². The molecule has 0 aliphatic heterocycles. The predicted molar refractivity (Wildman–Crippen MR) is 323 cm³/mol. The summed E-state index contributed by atoms with van der Waals surface area (Å²) in [5.41, 5.74) is 15.7. The smallest absolute Gasteiger partial charge is 0.159 e. The van der Waals surface area contributed by atoms with Crippen molar-refractivity contribution in [2.45, 2.75) is 124 Å². The first kappa shape index (κ1) is 48.4. The maximum Gasteiger partial charge on any atom is 0.159 e. The van der Waals surface area contributed by atoms with Crippen LogP contribution >= 0.6 is 0 Å². The monoisotopic (exact) mass is 983 g/mol. The van der Waals surface area contributed by atoms with Crippen LogP contribution in [-0.4, -0.2) is 0 Å². The van der Waals surface area contributed by atoms with Gasteiger partial charge in [0.1, 0.15) is 11.2 Å². The molecule has 2 saturated carbocycles. The standard InChI is InChI=1S/C64H52N2O2.C4H10.C3H8/c1-39-17-13-27-47-49-29-15-31-55(63(49)67-61(39)47)65(43-23-5-3-6-24-43)57-37-53(41-19-9-10-20-41)45-34-36-52-58(38-54(42-21-11-12-22-42)46-33-35-51(57)59(45)60(46)52)66(44-25-7-4-8-26-44)56-32-16-30-50-48-28-14-18-40(2)62(48)68-64(50)56;1-3-4-2;1-3-2/h3-8,13-18,23-38,41-42H,9-12,19-22H2,1-2H3;3-4H2,1-2H3;3H2,1-2H3. The van der Waals surface area contributed by atoms with Crippen molar-refractivity contribution < 1.29 is 8.83 Å². The molecule has 2 heterocycles. The lowest BCUT2D eigenvalue weighted by atomic mass is 9.82. The van der Waals surface area contributed by atoms with Gasteiger partial charge in [-0.05, 0) is 144 Å². The summed E-state index contributed by atoms with van der Waals surface area (Å²) >= 11 is 0. The Hall–Kier alpha value is -7.56. The second kappa shape index (κ2) is 20.6. The number of unbranched alkanes of at least 4 members (excludes halogenated alkanes) is 1. The highest BCUT2D eigenvalue weighted by molar-refractivity contribution is 6.30. The topological polar surface area (TPSA) is 32.8 Å². The molecule has 4 heteroatoms. The number of hydrogen-bond acceptors (Lipinski definition) is 4. The highest BCUT2D eigenvalue weighted by Crippen LogP contribution is 2.55. The van der Waals surface area contributed by atoms with E-state index in [1.165, 1.54) is 125 Å². The average molecular weight is 983 g/mol. The van der Waals surface area contributed by atoms with Crippen molar-refractivity contribution in [2.24, 2.45) is 0 Å². The maximum atomic E-state index is 6.99. The number of rotatable bonds is 9. The van der Waals surface area contributed by atoms with E-state index in [1.54, 1.807) is 0 Å². The summed E-state index contributed by atoms with van der Waals surface area (Å²) in [5, 5.41) is 12.6. The number of furan rings is 2. The molecule has 2 fully saturated rings. The molecule has 10 aromatic carbocycles. The van der Waals surface area contributed by atoms with Gasteiger partial charge < -0.3 is 18.6 Å². The van der Waals surface area contributed by atoms with Crippen molar-refractivity contribution in [2.75, 3.05) is 9.80 Å². The zero-order valence-corrected chi connectivity index (χ0v) is 44.8. The number of hydrogen-bond donors (Lipinski definition) is 0. The van der Waals surface area contributed by atoms with Crippen molar-refractivity contribution in [1.29, 1.82) is 0 Å². The van der Waals surface area contributed by atoms with E-state index in [0.29, 0.717) is 11.8 Å². The zero-order valence-electron chi connectivity index (χ0n) is 44.8. The summed E-state index contributed by atoms with van der Waals surface area (Å²) in [6, 6.07) is 63.3. The van der Waals surface area contributed by atoms with E-state index in [9.17, 15) is 0 Å². The number of anilines is 6. The van der Waals surface area contributed by atoms with Gasteiger partial charge in [0.05, 0.1) is 22.7 Å². The molecule has 14 rings (SSSR count). The molecule has 0 bridgehead atoms. The number of fused-ring (bicyclic) bond motifs is 6. The summed E-state index contributed by atoms with van der Waals surface area (Å²) in [6.45, 7) is 12.9. The van der Waals surface area contributed by atoms with Crippen LogP contribution in [0.4, 0.5) is 34.1 Å². The fourth-order valence-corrected chi connectivity index (χ4v) is 12.7. The SMILES string of the molecule is CCC.CCCC.Cc1cccc2c1oc1c(N(c3ccccc3)c3cc(C4CCCC4)c4ccc5c(N(c6ccccc6)c6cccc7c6oc6c(C)cccc67)cc(C6CCCC6)c6ccc3c4c65)cccc12. The van der Waals surface area contributed by atoms with Crippen molar-refractivity contribution in [3.8, 4) is 0 Å². The van der Waals surface area contributed by atoms with E-state index in [1.807, 2.05) is 0 Å². The molecule has 2 aliphatic carbocycles. The molecule has 376 valence electrons. The molecule has 0 unspecified atom stereocenters. The fourth-order valence-electron chi connectivity index (χ4n) is 12.7. The molecule has 0 atom stereocenters. The minimum Gasteiger partial charge on any atom is -0.454 e. The van der Waals surface area contributed by atoms with Gasteiger partial charge in [0.15, 0.2) is 11.2 Å². The minimum absolute atomic E-state index is 0.476. The third-order valence-corrected chi connectivity index (χ3v) is 16.4. The third kappa shape index (κ3) is 8.38. The van der Waals surface area contributed by atoms with Crippen LogP contribution in [0.1, 0.15) is 132 Å². The lowest BCUT2D eigenvalue weighted by Gasteiger charge is -2.32. The van der Waals surface area contributed by atoms with Gasteiger partial charge in [0.2, 0.25) is 0 Å². The van der Waals surface area contributed by atoms with Gasteiger partial charge in [0.25, 0.3) is 0 Å². The van der Waals surface area contributed by atoms with Gasteiger partial charge in [-0.15, -0.1) is 0 Å². The Kier molecular flexibility index (Phi) is 13.3. The normalized spacial score (nSPS) is 14.2. The zero-order chi connectivity index (χ0) is 51.2. The Balaban J connectivity index is 0.000000770. The molecule has 75 heavy (non-hydrogen) atoms. The first-order valence-electron chi connectivity index (χ1n) is 28.2. The Bertz CT molecular complexity index is 3700. The lowest BCUT2D eigenvalue weighted by Crippen LogP contribution is -2.13. The Morgan fingerprint density at radius 1 is 0.360 bits per heavy atom. The Morgan fingerprint density at radius 3 is 1.08 bits per heavy atom. The molecular weight excluding hydrogens is 913 g/mol. The molecule has 0 spiro atoms. The first-order chi connectivity index (χ1) is 36.9. The highest BCUT2D eigenvalue weighted by Gasteiger charge is 2.31. The third-order valence-electron chi connectivity index (χ3n) is 16.4. The predicted octanol–water partition coefficient (Wildman–Crippen LogP) is 22.5. The van der Waals surface area contributed by atoms with Gasteiger partial charge in [-0.3, -0.25) is 0 Å². The van der Waals surface area contributed by atoms with E-state index < -0.39 is 0 Å². The van der Waals surface area contributed by atoms with Gasteiger partial charge in [-0.1, -0.05) is 194 Å². The largest absolute Gasteiger partial charge is 0.454 e. The van der Waals surface area contributed by atoms with Gasteiger partial charge in [0, 0.05) is 43.7 Å². The van der Waals surface area contributed by atoms with Crippen molar-refractivity contribution in [1.82, 2.24) is 0 Å². The summed E-state index contributed by atoms with van der Waals surface area (Å²) in [7, 11) is 0. The minimum atomic E-state index is 0.476. The van der Waals surface area contributed by atoms with Crippen LogP contribution in [0.3, 0.4) is 0 Å². The van der Waals surface area contributed by atoms with Crippen molar-refractivity contribution in [3.05, 3.63) is 192 Å². The number of aryl methyl sites for hydroxylation is 2. The fraction of sp³-hybridized carbons (Fsp3) is 0.268. The van der Waals surface area contributed by atoms with Crippen LogP contribution in [0.15, 0.2) is 179 Å². The van der Waals surface area contributed by atoms with E-state index >= 15 is 0 Å². The van der Waals surface area contributed by atoms with Crippen LogP contribution in [0.2, 0.25) is 0 Å². The molecule has 0 radical (unpaired) electrons. The van der Waals surface area contributed by atoms with Gasteiger partial charge >= 0.3 is 0 Å². The molecule has 2 aliphatic rings. The van der Waals surface area contributed by atoms with E-state index in [4.69, 9.17) is 8.83 Å². The number of nitrogens with zero attached hydrogens (tertiary/aromatic N) is 2. The quantitative estimate of drug-likeness (QED) is 0.135. The number of benzene rings is 10. The molecular formula is C71H70N2O2. The number of para-hydroxylation sites is 6. The molecule has 4 nitrogen and oxygen atoms in total. The van der Waals surface area contributed by atoms with Crippen LogP contribution in [0.25, 0.3) is 76.2 Å². The second-order valence-electron chi connectivity index (χ2n) is 21.5. The second-order valence-corrected chi connectivity index (χ2v) is 21.5. The maximum absolute atomic E-state index is 6.99. The molecule has 0 N–H and O–H groups in total. The van der Waals surface area contributed by atoms with Crippen LogP contribution < -0.4 is 9.80 Å². The van der Waals surface area contributed by atoms with E-state index in [-0.39, 0.29) is 0 Å². The van der Waals surface area contributed by atoms with Crippen molar-refractivity contribution >= 4 is 110 Å². The van der Waals surface area contributed by atoms with E-state index in [0.717, 1.165) is 77.8 Å². The molecule has 12 aromatic rings. The summed E-state index contributed by atoms with van der Waals surface area (Å²) in [4.78, 5) is 5.01.